The molecule has 108 valence electrons. The van der Waals surface area contributed by atoms with E-state index in [9.17, 15) is 0 Å². The lowest BCUT2D eigenvalue weighted by molar-refractivity contribution is 0.401. The predicted molar refractivity (Wildman–Crippen MR) is 85.4 cm³/mol. The number of rotatable bonds is 4. The zero-order valence-corrected chi connectivity index (χ0v) is 13.5. The van der Waals surface area contributed by atoms with Gasteiger partial charge in [0, 0.05) is 15.3 Å². The Morgan fingerprint density at radius 1 is 1.15 bits per heavy atom. The number of ether oxygens (including phenoxy) is 1. The van der Waals surface area contributed by atoms with Crippen molar-refractivity contribution in [3.8, 4) is 5.75 Å². The normalized spacial score (nSPS) is 12.5. The van der Waals surface area contributed by atoms with E-state index in [1.165, 1.54) is 20.9 Å². The van der Waals surface area contributed by atoms with Crippen LogP contribution in [0, 0.1) is 27.7 Å². The van der Waals surface area contributed by atoms with Gasteiger partial charge in [0.25, 0.3) is 0 Å². The van der Waals surface area contributed by atoms with Crippen LogP contribution in [0.3, 0.4) is 0 Å². The van der Waals surface area contributed by atoms with Crippen molar-refractivity contribution in [1.82, 2.24) is 5.43 Å². The number of benzene rings is 1. The van der Waals surface area contributed by atoms with E-state index >= 15 is 0 Å². The van der Waals surface area contributed by atoms with E-state index in [0.29, 0.717) is 0 Å². The van der Waals surface area contributed by atoms with Crippen LogP contribution in [0.5, 0.6) is 5.75 Å². The molecule has 0 spiro atoms. The number of aryl methyl sites for hydroxylation is 3. The summed E-state index contributed by atoms with van der Waals surface area (Å²) in [6, 6.07) is 6.36. The summed E-state index contributed by atoms with van der Waals surface area (Å²) in [7, 11) is 1.71. The summed E-state index contributed by atoms with van der Waals surface area (Å²) in [4.78, 5) is 2.53. The highest BCUT2D eigenvalue weighted by atomic mass is 32.1. The van der Waals surface area contributed by atoms with Crippen LogP contribution in [-0.4, -0.2) is 7.11 Å². The van der Waals surface area contributed by atoms with E-state index in [2.05, 4.69) is 51.3 Å². The van der Waals surface area contributed by atoms with Gasteiger partial charge in [0.1, 0.15) is 5.75 Å². The van der Waals surface area contributed by atoms with E-state index in [1.807, 2.05) is 0 Å². The zero-order chi connectivity index (χ0) is 14.9. The zero-order valence-electron chi connectivity index (χ0n) is 12.7. The third-order valence-corrected chi connectivity index (χ3v) is 5.08. The predicted octanol–water partition coefficient (Wildman–Crippen LogP) is 3.54. The van der Waals surface area contributed by atoms with Gasteiger partial charge in [-0.1, -0.05) is 12.1 Å². The molecule has 1 aromatic carbocycles. The average molecular weight is 290 g/mol. The Kier molecular flexibility index (Phi) is 4.48. The Morgan fingerprint density at radius 2 is 1.85 bits per heavy atom. The highest BCUT2D eigenvalue weighted by molar-refractivity contribution is 7.12. The maximum Gasteiger partial charge on any atom is 0.127 e. The molecule has 2 aromatic rings. The fourth-order valence-corrected chi connectivity index (χ4v) is 3.50. The minimum atomic E-state index is -0.0401. The minimum absolute atomic E-state index is 0.0401. The molecule has 1 aromatic heterocycles. The lowest BCUT2D eigenvalue weighted by atomic mass is 9.98. The van der Waals surface area contributed by atoms with Crippen molar-refractivity contribution in [3.05, 3.63) is 50.2 Å². The molecule has 1 atom stereocenters. The smallest absolute Gasteiger partial charge is 0.127 e. The summed E-state index contributed by atoms with van der Waals surface area (Å²) >= 11 is 1.77. The molecule has 1 heterocycles. The SMILES string of the molecule is COc1c(C(NN)c2cc(C)c(C)s2)ccc(C)c1C. The van der Waals surface area contributed by atoms with Gasteiger partial charge in [0.05, 0.1) is 13.2 Å². The van der Waals surface area contributed by atoms with Gasteiger partial charge in [-0.05, 0) is 50.5 Å². The monoisotopic (exact) mass is 290 g/mol. The quantitative estimate of drug-likeness (QED) is 0.669. The molecule has 0 bridgehead atoms. The largest absolute Gasteiger partial charge is 0.496 e. The number of thiophene rings is 1. The van der Waals surface area contributed by atoms with Crippen molar-refractivity contribution in [3.63, 3.8) is 0 Å². The molecule has 4 heteroatoms. The first-order chi connectivity index (χ1) is 9.49. The summed E-state index contributed by atoms with van der Waals surface area (Å²) in [6.45, 7) is 8.43. The number of hydrogen-bond acceptors (Lipinski definition) is 4. The van der Waals surface area contributed by atoms with Crippen LogP contribution >= 0.6 is 11.3 Å². The van der Waals surface area contributed by atoms with Crippen molar-refractivity contribution in [1.29, 1.82) is 0 Å². The summed E-state index contributed by atoms with van der Waals surface area (Å²) in [5, 5.41) is 0. The molecule has 0 fully saturated rings. The Hall–Kier alpha value is -1.36. The third-order valence-electron chi connectivity index (χ3n) is 3.86. The van der Waals surface area contributed by atoms with Gasteiger partial charge in [-0.2, -0.15) is 0 Å². The molecular weight excluding hydrogens is 268 g/mol. The van der Waals surface area contributed by atoms with Crippen LogP contribution in [-0.2, 0) is 0 Å². The molecule has 0 aliphatic rings. The molecule has 1 unspecified atom stereocenters. The van der Waals surface area contributed by atoms with Gasteiger partial charge in [-0.3, -0.25) is 5.84 Å². The van der Waals surface area contributed by atoms with E-state index in [0.717, 1.165) is 16.9 Å². The Balaban J connectivity index is 2.55. The first-order valence-corrected chi connectivity index (χ1v) is 7.48. The second kappa shape index (κ2) is 5.95. The number of hydrazine groups is 1. The molecule has 3 nitrogen and oxygen atoms in total. The second-order valence-electron chi connectivity index (χ2n) is 5.12. The summed E-state index contributed by atoms with van der Waals surface area (Å²) in [5.41, 5.74) is 7.69. The fraction of sp³-hybridized carbons (Fsp3) is 0.375. The average Bonchev–Trinajstić information content (AvgIpc) is 2.75. The molecule has 0 amide bonds. The highest BCUT2D eigenvalue weighted by Crippen LogP contribution is 2.37. The third kappa shape index (κ3) is 2.59. The lowest BCUT2D eigenvalue weighted by Crippen LogP contribution is -2.28. The molecule has 0 radical (unpaired) electrons. The van der Waals surface area contributed by atoms with Gasteiger partial charge < -0.3 is 4.74 Å². The van der Waals surface area contributed by atoms with E-state index < -0.39 is 0 Å². The first kappa shape index (κ1) is 15.0. The molecule has 0 aliphatic heterocycles. The van der Waals surface area contributed by atoms with Crippen molar-refractivity contribution >= 4 is 11.3 Å². The Bertz CT molecular complexity index is 600. The fourth-order valence-electron chi connectivity index (χ4n) is 2.38. The van der Waals surface area contributed by atoms with Crippen LogP contribution in [0.4, 0.5) is 0 Å². The second-order valence-corrected chi connectivity index (χ2v) is 6.41. The van der Waals surface area contributed by atoms with Gasteiger partial charge in [-0.25, -0.2) is 5.43 Å². The van der Waals surface area contributed by atoms with Crippen molar-refractivity contribution < 1.29 is 4.74 Å². The highest BCUT2D eigenvalue weighted by Gasteiger charge is 2.21. The van der Waals surface area contributed by atoms with E-state index in [1.54, 1.807) is 18.4 Å². The molecule has 0 saturated carbocycles. The van der Waals surface area contributed by atoms with Crippen LogP contribution < -0.4 is 16.0 Å². The van der Waals surface area contributed by atoms with E-state index in [4.69, 9.17) is 10.6 Å². The molecule has 0 saturated heterocycles. The molecule has 3 N–H and O–H groups in total. The maximum absolute atomic E-state index is 5.81. The van der Waals surface area contributed by atoms with Gasteiger partial charge in [0.15, 0.2) is 0 Å². The van der Waals surface area contributed by atoms with Crippen LogP contribution in [0.2, 0.25) is 0 Å². The summed E-state index contributed by atoms with van der Waals surface area (Å²) < 4.78 is 5.61. The molecular formula is C16H22N2OS. The van der Waals surface area contributed by atoms with Gasteiger partial charge in [0.2, 0.25) is 0 Å². The van der Waals surface area contributed by atoms with Crippen LogP contribution in [0.15, 0.2) is 18.2 Å². The molecule has 0 aliphatic carbocycles. The number of methoxy groups -OCH3 is 1. The maximum atomic E-state index is 5.81. The summed E-state index contributed by atoms with van der Waals surface area (Å²) in [5.74, 6) is 6.72. The van der Waals surface area contributed by atoms with Crippen molar-refractivity contribution in [2.24, 2.45) is 5.84 Å². The van der Waals surface area contributed by atoms with Crippen molar-refractivity contribution in [2.75, 3.05) is 7.11 Å². The standard InChI is InChI=1S/C16H22N2OS/c1-9-6-7-13(16(19-5)11(9)3)15(18-17)14-8-10(2)12(4)20-14/h6-8,15,18H,17H2,1-5H3. The topological polar surface area (TPSA) is 47.3 Å². The number of nitrogens with two attached hydrogens (primary N) is 1. The van der Waals surface area contributed by atoms with Gasteiger partial charge >= 0.3 is 0 Å². The number of nitrogens with one attached hydrogen (secondary N) is 1. The Morgan fingerprint density at radius 3 is 2.35 bits per heavy atom. The van der Waals surface area contributed by atoms with E-state index in [-0.39, 0.29) is 6.04 Å². The number of hydrogen-bond donors (Lipinski definition) is 2. The molecule has 2 rings (SSSR count). The Labute approximate surface area is 124 Å². The summed E-state index contributed by atoms with van der Waals surface area (Å²) in [6.07, 6.45) is 0. The molecule has 20 heavy (non-hydrogen) atoms. The van der Waals surface area contributed by atoms with Crippen LogP contribution in [0.25, 0.3) is 0 Å². The van der Waals surface area contributed by atoms with Crippen LogP contribution in [0.1, 0.15) is 38.0 Å². The van der Waals surface area contributed by atoms with Gasteiger partial charge in [-0.15, -0.1) is 11.3 Å². The lowest BCUT2D eigenvalue weighted by Gasteiger charge is -2.20. The first-order valence-electron chi connectivity index (χ1n) is 6.66. The van der Waals surface area contributed by atoms with Crippen molar-refractivity contribution in [2.45, 2.75) is 33.7 Å². The minimum Gasteiger partial charge on any atom is -0.496 e.